The molecule has 36 heavy (non-hydrogen) atoms. The number of hydrogen-bond donors (Lipinski definition) is 1. The molecule has 0 unspecified atom stereocenters. The number of nitrogens with one attached hydrogen (secondary N) is 1. The van der Waals surface area contributed by atoms with Crippen molar-refractivity contribution < 1.29 is 36.9 Å². The molecular weight excluding hydrogens is 488 g/mol. The van der Waals surface area contributed by atoms with Crippen LogP contribution in [0.25, 0.3) is 0 Å². The molecule has 0 aromatic heterocycles. The van der Waals surface area contributed by atoms with Crippen LogP contribution in [0.4, 0.5) is 0 Å². The highest BCUT2D eigenvalue weighted by molar-refractivity contribution is 7.89. The Labute approximate surface area is 209 Å². The zero-order chi connectivity index (χ0) is 26.1. The summed E-state index contributed by atoms with van der Waals surface area (Å²) in [7, 11) is 0.341. The van der Waals surface area contributed by atoms with Gasteiger partial charge in [0.1, 0.15) is 22.1 Å². The Balaban J connectivity index is 1.76. The number of sulfonamides is 1. The van der Waals surface area contributed by atoms with Crippen LogP contribution in [-0.4, -0.2) is 48.5 Å². The molecule has 0 aliphatic carbocycles. The van der Waals surface area contributed by atoms with Gasteiger partial charge in [-0.05, 0) is 67.1 Å². The van der Waals surface area contributed by atoms with Crippen LogP contribution in [0.1, 0.15) is 22.8 Å². The molecule has 0 aliphatic rings. The Morgan fingerprint density at radius 3 is 2.19 bits per heavy atom. The number of hydrazone groups is 1. The molecule has 0 radical (unpaired) electrons. The van der Waals surface area contributed by atoms with Crippen LogP contribution < -0.4 is 28.5 Å². The maximum Gasteiger partial charge on any atom is 0.343 e. The number of carbonyl (C=O) groups excluding carboxylic acids is 1. The Hall–Kier alpha value is -4.25. The van der Waals surface area contributed by atoms with Gasteiger partial charge in [-0.1, -0.05) is 0 Å². The number of rotatable bonds is 11. The molecule has 10 nitrogen and oxygen atoms in total. The fraction of sp³-hybridized carbons (Fsp3) is 0.200. The number of benzene rings is 3. The van der Waals surface area contributed by atoms with Crippen LogP contribution in [0.15, 0.2) is 70.7 Å². The topological polar surface area (TPSA) is 122 Å². The molecule has 3 rings (SSSR count). The van der Waals surface area contributed by atoms with Gasteiger partial charge in [0, 0.05) is 6.07 Å². The lowest BCUT2D eigenvalue weighted by Crippen LogP contribution is -2.19. The summed E-state index contributed by atoms with van der Waals surface area (Å²) in [4.78, 5) is 14.6. The summed E-state index contributed by atoms with van der Waals surface area (Å²) in [6, 6.07) is 15.5. The first kappa shape index (κ1) is 26.4. The summed E-state index contributed by atoms with van der Waals surface area (Å²) in [6.45, 7) is 2.10. The molecule has 0 heterocycles. The van der Waals surface area contributed by atoms with Gasteiger partial charge in [-0.2, -0.15) is 18.4 Å². The molecule has 0 bridgehead atoms. The summed E-state index contributed by atoms with van der Waals surface area (Å²) in [5.74, 6) is 1.11. The van der Waals surface area contributed by atoms with Crippen LogP contribution in [-0.2, 0) is 10.0 Å². The molecule has 1 N–H and O–H groups in total. The second kappa shape index (κ2) is 11.9. The van der Waals surface area contributed by atoms with Crippen LogP contribution in [0.2, 0.25) is 0 Å². The average Bonchev–Trinajstić information content (AvgIpc) is 2.89. The van der Waals surface area contributed by atoms with Gasteiger partial charge in [0.25, 0.3) is 10.0 Å². The maximum absolute atomic E-state index is 12.7. The van der Waals surface area contributed by atoms with E-state index >= 15 is 0 Å². The van der Waals surface area contributed by atoms with Gasteiger partial charge in [-0.25, -0.2) is 4.79 Å². The molecule has 190 valence electrons. The second-order valence-electron chi connectivity index (χ2n) is 7.13. The van der Waals surface area contributed by atoms with Gasteiger partial charge in [-0.15, -0.1) is 0 Å². The van der Waals surface area contributed by atoms with Crippen LogP contribution in [0.3, 0.4) is 0 Å². The molecule has 0 atom stereocenters. The van der Waals surface area contributed by atoms with E-state index in [4.69, 9.17) is 23.7 Å². The van der Waals surface area contributed by atoms with E-state index in [0.717, 1.165) is 0 Å². The minimum Gasteiger partial charge on any atom is -0.497 e. The van der Waals surface area contributed by atoms with Crippen molar-refractivity contribution in [3.8, 4) is 28.7 Å². The van der Waals surface area contributed by atoms with E-state index < -0.39 is 16.0 Å². The molecule has 3 aromatic carbocycles. The fourth-order valence-electron chi connectivity index (χ4n) is 3.06. The summed E-state index contributed by atoms with van der Waals surface area (Å²) in [6.07, 6.45) is 1.30. The van der Waals surface area contributed by atoms with Crippen LogP contribution in [0.5, 0.6) is 28.7 Å². The SMILES string of the molecule is CCOc1cc(/C=N\NS(=O)(=O)c2ccc(OC)cc2OC)ccc1OC(=O)c1ccc(OC)cc1. The summed E-state index contributed by atoms with van der Waals surface area (Å²) < 4.78 is 51.8. The predicted molar refractivity (Wildman–Crippen MR) is 133 cm³/mol. The van der Waals surface area contributed by atoms with Gasteiger partial charge >= 0.3 is 5.97 Å². The maximum atomic E-state index is 12.7. The molecule has 11 heteroatoms. The molecule has 0 amide bonds. The zero-order valence-electron chi connectivity index (χ0n) is 20.2. The van der Waals surface area contributed by atoms with Crippen molar-refractivity contribution in [2.24, 2.45) is 5.10 Å². The average molecular weight is 515 g/mol. The van der Waals surface area contributed by atoms with Crippen molar-refractivity contribution in [3.05, 3.63) is 71.8 Å². The van der Waals surface area contributed by atoms with Crippen molar-refractivity contribution in [1.82, 2.24) is 4.83 Å². The Bertz CT molecular complexity index is 1340. The van der Waals surface area contributed by atoms with E-state index in [1.165, 1.54) is 51.8 Å². The highest BCUT2D eigenvalue weighted by atomic mass is 32.2. The van der Waals surface area contributed by atoms with Gasteiger partial charge in [0.15, 0.2) is 11.5 Å². The lowest BCUT2D eigenvalue weighted by Gasteiger charge is -2.12. The molecule has 0 saturated carbocycles. The Morgan fingerprint density at radius 2 is 1.56 bits per heavy atom. The number of nitrogens with zero attached hydrogens (tertiary/aromatic N) is 1. The normalized spacial score (nSPS) is 11.1. The zero-order valence-corrected chi connectivity index (χ0v) is 21.0. The Morgan fingerprint density at radius 1 is 0.861 bits per heavy atom. The molecule has 0 fully saturated rings. The summed E-state index contributed by atoms with van der Waals surface area (Å²) in [5.41, 5.74) is 0.847. The van der Waals surface area contributed by atoms with Gasteiger partial charge in [0.2, 0.25) is 0 Å². The molecule has 0 spiro atoms. The quantitative estimate of drug-likeness (QED) is 0.178. The highest BCUT2D eigenvalue weighted by Crippen LogP contribution is 2.30. The van der Waals surface area contributed by atoms with Crippen molar-refractivity contribution >= 4 is 22.2 Å². The van der Waals surface area contributed by atoms with E-state index in [0.29, 0.717) is 35.0 Å². The largest absolute Gasteiger partial charge is 0.497 e. The molecule has 3 aromatic rings. The minimum atomic E-state index is -4.02. The molecule has 0 saturated heterocycles. The van der Waals surface area contributed by atoms with E-state index in [-0.39, 0.29) is 16.4 Å². The van der Waals surface area contributed by atoms with Crippen LogP contribution >= 0.6 is 0 Å². The third-order valence-electron chi connectivity index (χ3n) is 4.84. The summed E-state index contributed by atoms with van der Waals surface area (Å²) >= 11 is 0. The highest BCUT2D eigenvalue weighted by Gasteiger charge is 2.19. The third-order valence-corrected chi connectivity index (χ3v) is 6.10. The van der Waals surface area contributed by atoms with E-state index in [1.807, 2.05) is 0 Å². The second-order valence-corrected chi connectivity index (χ2v) is 8.76. The van der Waals surface area contributed by atoms with E-state index in [2.05, 4.69) is 9.93 Å². The first-order valence-electron chi connectivity index (χ1n) is 10.7. The monoisotopic (exact) mass is 514 g/mol. The van der Waals surface area contributed by atoms with Crippen molar-refractivity contribution in [1.29, 1.82) is 0 Å². The number of carbonyl (C=O) groups is 1. The smallest absolute Gasteiger partial charge is 0.343 e. The lowest BCUT2D eigenvalue weighted by atomic mass is 10.2. The first-order chi connectivity index (χ1) is 17.3. The third kappa shape index (κ3) is 6.45. The minimum absolute atomic E-state index is 0.0984. The number of methoxy groups -OCH3 is 3. The van der Waals surface area contributed by atoms with Crippen molar-refractivity contribution in [2.75, 3.05) is 27.9 Å². The Kier molecular flexibility index (Phi) is 8.74. The van der Waals surface area contributed by atoms with Crippen LogP contribution in [0, 0.1) is 0 Å². The van der Waals surface area contributed by atoms with E-state index in [1.54, 1.807) is 43.3 Å². The van der Waals surface area contributed by atoms with Gasteiger partial charge < -0.3 is 23.7 Å². The summed E-state index contributed by atoms with van der Waals surface area (Å²) in [5, 5.41) is 3.84. The van der Waals surface area contributed by atoms with Crippen molar-refractivity contribution in [3.63, 3.8) is 0 Å². The van der Waals surface area contributed by atoms with Gasteiger partial charge in [0.05, 0.1) is 39.7 Å². The number of hydrogen-bond acceptors (Lipinski definition) is 9. The molecular formula is C25H26N2O8S. The lowest BCUT2D eigenvalue weighted by molar-refractivity contribution is 0.0728. The first-order valence-corrected chi connectivity index (χ1v) is 12.2. The number of esters is 1. The molecule has 0 aliphatic heterocycles. The number of ether oxygens (including phenoxy) is 5. The standard InChI is InChI=1S/C25H26N2O8S/c1-5-34-22-14-17(6-12-21(22)35-25(28)18-7-9-19(31-2)10-8-18)16-26-27-36(29,30)24-13-11-20(32-3)15-23(24)33-4/h6-16,27H,5H2,1-4H3/b26-16-. The van der Waals surface area contributed by atoms with Gasteiger partial charge in [-0.3, -0.25) is 0 Å². The predicted octanol–water partition coefficient (Wildman–Crippen LogP) is 3.64. The van der Waals surface area contributed by atoms with E-state index in [9.17, 15) is 13.2 Å². The van der Waals surface area contributed by atoms with Crippen molar-refractivity contribution in [2.45, 2.75) is 11.8 Å². The fourth-order valence-corrected chi connectivity index (χ4v) is 4.00.